The van der Waals surface area contributed by atoms with Crippen molar-refractivity contribution < 1.29 is 17.6 Å². The molecule has 0 spiro atoms. The molecule has 0 unspecified atom stereocenters. The van der Waals surface area contributed by atoms with E-state index in [-0.39, 0.29) is 4.90 Å². The van der Waals surface area contributed by atoms with Crippen LogP contribution in [0.2, 0.25) is 0 Å². The summed E-state index contributed by atoms with van der Waals surface area (Å²) in [6, 6.07) is 5.73. The molecule has 118 valence electrons. The fourth-order valence-electron chi connectivity index (χ4n) is 1.59. The SMILES string of the molecule is C[C@@H](NC(=O)C(C)(C)F)c1ccc(S(=O)(=O)N(C)C)cc1. The Labute approximate surface area is 125 Å². The lowest BCUT2D eigenvalue weighted by molar-refractivity contribution is -0.131. The van der Waals surface area contributed by atoms with Gasteiger partial charge in [0.05, 0.1) is 10.9 Å². The van der Waals surface area contributed by atoms with Crippen LogP contribution in [0, 0.1) is 0 Å². The predicted octanol–water partition coefficient (Wildman–Crippen LogP) is 1.86. The number of sulfonamides is 1. The Kier molecular flexibility index (Phi) is 5.11. The van der Waals surface area contributed by atoms with Crippen LogP contribution in [0.5, 0.6) is 0 Å². The van der Waals surface area contributed by atoms with Crippen molar-refractivity contribution in [1.82, 2.24) is 9.62 Å². The number of benzene rings is 1. The van der Waals surface area contributed by atoms with Gasteiger partial charge in [-0.3, -0.25) is 4.79 Å². The highest BCUT2D eigenvalue weighted by Crippen LogP contribution is 2.19. The molecule has 0 saturated carbocycles. The van der Waals surface area contributed by atoms with Crippen LogP contribution in [0.15, 0.2) is 29.2 Å². The molecular formula is C14H21FN2O3S. The number of carbonyl (C=O) groups is 1. The third-order valence-electron chi connectivity index (χ3n) is 3.05. The van der Waals surface area contributed by atoms with Crippen LogP contribution in [0.25, 0.3) is 0 Å². The van der Waals surface area contributed by atoms with Crippen LogP contribution in [-0.4, -0.2) is 38.4 Å². The summed E-state index contributed by atoms with van der Waals surface area (Å²) in [5.41, 5.74) is -1.26. The maximum Gasteiger partial charge on any atom is 0.257 e. The number of alkyl halides is 1. The minimum Gasteiger partial charge on any atom is -0.347 e. The fourth-order valence-corrected chi connectivity index (χ4v) is 2.49. The molecular weight excluding hydrogens is 295 g/mol. The second-order valence-electron chi connectivity index (χ2n) is 5.52. The van der Waals surface area contributed by atoms with Gasteiger partial charge in [-0.15, -0.1) is 0 Å². The Morgan fingerprint density at radius 3 is 2.10 bits per heavy atom. The highest BCUT2D eigenvalue weighted by Gasteiger charge is 2.27. The summed E-state index contributed by atoms with van der Waals surface area (Å²) in [4.78, 5) is 11.7. The van der Waals surface area contributed by atoms with Gasteiger partial charge in [0, 0.05) is 14.1 Å². The average molecular weight is 316 g/mol. The molecule has 0 aromatic heterocycles. The molecule has 5 nitrogen and oxygen atoms in total. The summed E-state index contributed by atoms with van der Waals surface area (Å²) in [6.07, 6.45) is 0. The first-order valence-electron chi connectivity index (χ1n) is 6.48. The molecule has 0 radical (unpaired) electrons. The van der Waals surface area contributed by atoms with Crippen LogP contribution in [0.4, 0.5) is 4.39 Å². The first kappa shape index (κ1) is 17.6. The number of nitrogens with one attached hydrogen (secondary N) is 1. The third kappa shape index (κ3) is 4.25. The number of hydrogen-bond acceptors (Lipinski definition) is 3. The van der Waals surface area contributed by atoms with E-state index in [1.165, 1.54) is 40.1 Å². The monoisotopic (exact) mass is 316 g/mol. The molecule has 0 fully saturated rings. The fraction of sp³-hybridized carbons (Fsp3) is 0.500. The predicted molar refractivity (Wildman–Crippen MR) is 79.1 cm³/mol. The van der Waals surface area contributed by atoms with Gasteiger partial charge in [-0.25, -0.2) is 17.1 Å². The number of carbonyl (C=O) groups excluding carboxylic acids is 1. The van der Waals surface area contributed by atoms with E-state index in [2.05, 4.69) is 5.32 Å². The lowest BCUT2D eigenvalue weighted by Gasteiger charge is -2.20. The zero-order chi connectivity index (χ0) is 16.4. The smallest absolute Gasteiger partial charge is 0.257 e. The van der Waals surface area contributed by atoms with Crippen LogP contribution in [-0.2, 0) is 14.8 Å². The molecule has 0 heterocycles. The van der Waals surface area contributed by atoms with Crippen molar-refractivity contribution in [2.45, 2.75) is 37.4 Å². The number of amides is 1. The van der Waals surface area contributed by atoms with Gasteiger partial charge in [-0.1, -0.05) is 12.1 Å². The Hall–Kier alpha value is -1.47. The van der Waals surface area contributed by atoms with Gasteiger partial charge in [0.2, 0.25) is 10.0 Å². The summed E-state index contributed by atoms with van der Waals surface area (Å²) in [5.74, 6) is -0.708. The van der Waals surface area contributed by atoms with Crippen molar-refractivity contribution in [3.05, 3.63) is 29.8 Å². The van der Waals surface area contributed by atoms with Crippen molar-refractivity contribution in [3.63, 3.8) is 0 Å². The summed E-state index contributed by atoms with van der Waals surface area (Å²) in [6.45, 7) is 4.07. The minimum absolute atomic E-state index is 0.167. The molecule has 1 rings (SSSR count). The number of hydrogen-bond donors (Lipinski definition) is 1. The highest BCUT2D eigenvalue weighted by atomic mass is 32.2. The van der Waals surface area contributed by atoms with Gasteiger partial charge in [0.15, 0.2) is 5.67 Å². The van der Waals surface area contributed by atoms with E-state index >= 15 is 0 Å². The maximum atomic E-state index is 13.5. The maximum absolute atomic E-state index is 13.5. The topological polar surface area (TPSA) is 66.5 Å². The Morgan fingerprint density at radius 1 is 1.24 bits per heavy atom. The van der Waals surface area contributed by atoms with Gasteiger partial charge >= 0.3 is 0 Å². The van der Waals surface area contributed by atoms with Crippen LogP contribution < -0.4 is 5.32 Å². The second kappa shape index (κ2) is 6.11. The summed E-state index contributed by atoms with van der Waals surface area (Å²) < 4.78 is 38.5. The molecule has 0 aliphatic heterocycles. The molecule has 0 aliphatic rings. The van der Waals surface area contributed by atoms with E-state index in [1.807, 2.05) is 0 Å². The van der Waals surface area contributed by atoms with Crippen molar-refractivity contribution in [1.29, 1.82) is 0 Å². The molecule has 1 aromatic rings. The van der Waals surface area contributed by atoms with E-state index in [4.69, 9.17) is 0 Å². The molecule has 0 bridgehead atoms. The Bertz CT molecular complexity index is 604. The van der Waals surface area contributed by atoms with E-state index in [0.29, 0.717) is 5.56 Å². The third-order valence-corrected chi connectivity index (χ3v) is 4.88. The summed E-state index contributed by atoms with van der Waals surface area (Å²) >= 11 is 0. The van der Waals surface area contributed by atoms with Crippen molar-refractivity contribution >= 4 is 15.9 Å². The van der Waals surface area contributed by atoms with Crippen molar-refractivity contribution in [3.8, 4) is 0 Å². The Balaban J connectivity index is 2.91. The van der Waals surface area contributed by atoms with Crippen LogP contribution in [0.3, 0.4) is 0 Å². The lowest BCUT2D eigenvalue weighted by atomic mass is 10.1. The van der Waals surface area contributed by atoms with Crippen LogP contribution >= 0.6 is 0 Å². The first-order chi connectivity index (χ1) is 9.46. The van der Waals surface area contributed by atoms with Gasteiger partial charge in [-0.05, 0) is 38.5 Å². The standard InChI is InChI=1S/C14H21FN2O3S/c1-10(16-13(18)14(2,3)15)11-6-8-12(9-7-11)21(19,20)17(4)5/h6-10H,1-5H3,(H,16,18)/t10-/m1/s1. The van der Waals surface area contributed by atoms with E-state index in [1.54, 1.807) is 19.1 Å². The molecule has 1 N–H and O–H groups in total. The molecule has 0 saturated heterocycles. The molecule has 7 heteroatoms. The second-order valence-corrected chi connectivity index (χ2v) is 7.68. The van der Waals surface area contributed by atoms with Gasteiger partial charge in [-0.2, -0.15) is 0 Å². The molecule has 1 aromatic carbocycles. The number of nitrogens with zero attached hydrogens (tertiary/aromatic N) is 1. The van der Waals surface area contributed by atoms with E-state index < -0.39 is 27.6 Å². The van der Waals surface area contributed by atoms with Crippen molar-refractivity contribution in [2.75, 3.05) is 14.1 Å². The van der Waals surface area contributed by atoms with Gasteiger partial charge in [0.1, 0.15) is 0 Å². The summed E-state index contributed by atoms with van der Waals surface area (Å²) in [5, 5.41) is 2.54. The van der Waals surface area contributed by atoms with Crippen LogP contribution in [0.1, 0.15) is 32.4 Å². The first-order valence-corrected chi connectivity index (χ1v) is 7.92. The molecule has 21 heavy (non-hydrogen) atoms. The zero-order valence-electron chi connectivity index (χ0n) is 12.8. The van der Waals surface area contributed by atoms with Gasteiger partial charge < -0.3 is 5.32 Å². The number of rotatable bonds is 5. The quantitative estimate of drug-likeness (QED) is 0.901. The normalized spacial score (nSPS) is 14.0. The van der Waals surface area contributed by atoms with Gasteiger partial charge in [0.25, 0.3) is 5.91 Å². The largest absolute Gasteiger partial charge is 0.347 e. The Morgan fingerprint density at radius 2 is 1.71 bits per heavy atom. The summed E-state index contributed by atoms with van der Waals surface area (Å²) in [7, 11) is -0.572. The lowest BCUT2D eigenvalue weighted by Crippen LogP contribution is -2.40. The molecule has 0 aliphatic carbocycles. The highest BCUT2D eigenvalue weighted by molar-refractivity contribution is 7.89. The zero-order valence-corrected chi connectivity index (χ0v) is 13.7. The van der Waals surface area contributed by atoms with Crippen molar-refractivity contribution in [2.24, 2.45) is 0 Å². The molecule has 1 amide bonds. The van der Waals surface area contributed by atoms with E-state index in [0.717, 1.165) is 4.31 Å². The minimum atomic E-state index is -3.48. The van der Waals surface area contributed by atoms with E-state index in [9.17, 15) is 17.6 Å². The average Bonchev–Trinajstić information content (AvgIpc) is 2.37. The molecule has 1 atom stereocenters. The number of halogens is 1.